The van der Waals surface area contributed by atoms with Crippen molar-refractivity contribution in [2.24, 2.45) is 11.5 Å². The molecule has 0 bridgehead atoms. The molecule has 9 heteroatoms. The minimum absolute atomic E-state index is 0.0364. The van der Waals surface area contributed by atoms with Gasteiger partial charge >= 0.3 is 0 Å². The van der Waals surface area contributed by atoms with E-state index in [9.17, 15) is 9.18 Å². The zero-order valence-corrected chi connectivity index (χ0v) is 18.3. The highest BCUT2D eigenvalue weighted by atomic mass is 19.1. The number of aromatic nitrogens is 2. The number of hydrogen-bond acceptors (Lipinski definition) is 7. The van der Waals surface area contributed by atoms with Crippen LogP contribution in [0.4, 0.5) is 21.7 Å². The Bertz CT molecular complexity index is 1140. The second-order valence-electron chi connectivity index (χ2n) is 8.06. The smallest absolute Gasteiger partial charge is 0.252 e. The Hall–Kier alpha value is -3.72. The van der Waals surface area contributed by atoms with Gasteiger partial charge in [0.15, 0.2) is 11.6 Å². The molecule has 1 unspecified atom stereocenters. The van der Waals surface area contributed by atoms with E-state index in [1.807, 2.05) is 30.3 Å². The molecule has 2 aromatic heterocycles. The summed E-state index contributed by atoms with van der Waals surface area (Å²) in [4.78, 5) is 20.7. The van der Waals surface area contributed by atoms with E-state index in [4.69, 9.17) is 16.2 Å². The first-order valence-corrected chi connectivity index (χ1v) is 10.8. The minimum atomic E-state index is -0.783. The lowest BCUT2D eigenvalue weighted by molar-refractivity contribution is 0.100. The topological polar surface area (TPSA) is 128 Å². The molecule has 4 rings (SSSR count). The second kappa shape index (κ2) is 9.83. The average Bonchev–Trinajstić information content (AvgIpc) is 2.82. The quantitative estimate of drug-likeness (QED) is 0.431. The zero-order valence-electron chi connectivity index (χ0n) is 18.3. The second-order valence-corrected chi connectivity index (χ2v) is 8.06. The lowest BCUT2D eigenvalue weighted by Crippen LogP contribution is -2.43. The number of carbonyl (C=O) groups is 1. The summed E-state index contributed by atoms with van der Waals surface area (Å²) in [7, 11) is 1.61. The molecule has 0 saturated heterocycles. The third-order valence-corrected chi connectivity index (χ3v) is 5.79. The molecule has 33 heavy (non-hydrogen) atoms. The first-order chi connectivity index (χ1) is 15.9. The van der Waals surface area contributed by atoms with E-state index >= 15 is 0 Å². The largest absolute Gasteiger partial charge is 0.497 e. The lowest BCUT2D eigenvalue weighted by atomic mass is 9.91. The third kappa shape index (κ3) is 5.20. The average molecular weight is 451 g/mol. The van der Waals surface area contributed by atoms with Crippen LogP contribution in [0.1, 0.15) is 36.0 Å². The number of halogens is 1. The molecule has 0 spiro atoms. The number of nitrogens with zero attached hydrogens (tertiary/aromatic N) is 2. The zero-order chi connectivity index (χ0) is 23.4. The molecule has 6 N–H and O–H groups in total. The summed E-state index contributed by atoms with van der Waals surface area (Å²) >= 11 is 0. The fraction of sp³-hybridized carbons (Fsp3) is 0.292. The van der Waals surface area contributed by atoms with Gasteiger partial charge in [-0.3, -0.25) is 9.78 Å². The molecule has 1 amide bonds. The van der Waals surface area contributed by atoms with Gasteiger partial charge in [0.25, 0.3) is 5.91 Å². The molecular formula is C24H27FN6O2. The van der Waals surface area contributed by atoms with Crippen molar-refractivity contribution >= 4 is 23.2 Å². The van der Waals surface area contributed by atoms with Crippen LogP contribution in [0.15, 0.2) is 48.7 Å². The number of methoxy groups -OCH3 is 1. The number of nitrogens with two attached hydrogens (primary N) is 2. The number of hydrogen-bond donors (Lipinski definition) is 4. The van der Waals surface area contributed by atoms with Crippen LogP contribution in [0.5, 0.6) is 5.75 Å². The maximum Gasteiger partial charge on any atom is 0.252 e. The fourth-order valence-corrected chi connectivity index (χ4v) is 3.95. The van der Waals surface area contributed by atoms with Crippen molar-refractivity contribution < 1.29 is 13.9 Å². The number of amides is 1. The summed E-state index contributed by atoms with van der Waals surface area (Å²) in [5.74, 6) is -0.501. The molecule has 3 aromatic rings. The maximum absolute atomic E-state index is 14.7. The number of benzene rings is 1. The molecule has 0 aliphatic heterocycles. The van der Waals surface area contributed by atoms with Gasteiger partial charge in [0, 0.05) is 29.5 Å². The van der Waals surface area contributed by atoms with Gasteiger partial charge in [-0.15, -0.1) is 0 Å². The normalized spacial score (nSPS) is 17.9. The van der Waals surface area contributed by atoms with E-state index in [-0.39, 0.29) is 29.3 Å². The number of nitrogens with one attached hydrogen (secondary N) is 2. The number of anilines is 3. The van der Waals surface area contributed by atoms with Gasteiger partial charge in [0.05, 0.1) is 18.4 Å². The molecular weight excluding hydrogens is 423 g/mol. The molecule has 1 aliphatic rings. The van der Waals surface area contributed by atoms with Crippen LogP contribution in [0, 0.1) is 5.82 Å². The van der Waals surface area contributed by atoms with Crippen LogP contribution >= 0.6 is 0 Å². The maximum atomic E-state index is 14.7. The summed E-state index contributed by atoms with van der Waals surface area (Å²) < 4.78 is 19.9. The van der Waals surface area contributed by atoms with E-state index in [0.29, 0.717) is 11.4 Å². The van der Waals surface area contributed by atoms with Crippen molar-refractivity contribution in [2.45, 2.75) is 37.8 Å². The molecule has 172 valence electrons. The van der Waals surface area contributed by atoms with Gasteiger partial charge < -0.3 is 26.8 Å². The van der Waals surface area contributed by atoms with Crippen LogP contribution in [0.3, 0.4) is 0 Å². The molecule has 2 atom stereocenters. The Morgan fingerprint density at radius 2 is 1.88 bits per heavy atom. The number of ether oxygens (including phenoxy) is 1. The van der Waals surface area contributed by atoms with E-state index in [1.165, 1.54) is 0 Å². The van der Waals surface area contributed by atoms with Crippen LogP contribution in [-0.4, -0.2) is 35.1 Å². The van der Waals surface area contributed by atoms with Gasteiger partial charge in [0.2, 0.25) is 0 Å². The Labute approximate surface area is 191 Å². The van der Waals surface area contributed by atoms with E-state index in [1.54, 1.807) is 19.4 Å². The summed E-state index contributed by atoms with van der Waals surface area (Å²) in [5.41, 5.74) is 13.8. The molecule has 8 nitrogen and oxygen atoms in total. The van der Waals surface area contributed by atoms with Gasteiger partial charge in [-0.25, -0.2) is 9.37 Å². The van der Waals surface area contributed by atoms with Gasteiger partial charge in [0.1, 0.15) is 11.6 Å². The number of primary amides is 1. The summed E-state index contributed by atoms with van der Waals surface area (Å²) in [6, 6.07) is 11.9. The van der Waals surface area contributed by atoms with Crippen molar-refractivity contribution in [1.82, 2.24) is 9.97 Å². The standard InChI is InChI=1S/C24H27FN6O2/c1-33-16-8-6-14(7-9-16)21-12-15(10-11-28-21)29-23-17(22(27)32)13-18(25)24(31-23)30-20-5-3-2-4-19(20)26/h6-13,19-20H,2-5,26H2,1H3,(H2,27,32)(H2,28,29,30,31)/t19?,20-/m1/s1. The molecule has 2 heterocycles. The summed E-state index contributed by atoms with van der Waals surface area (Å²) in [6.45, 7) is 0. The minimum Gasteiger partial charge on any atom is -0.497 e. The highest BCUT2D eigenvalue weighted by Crippen LogP contribution is 2.28. The highest BCUT2D eigenvalue weighted by molar-refractivity contribution is 5.98. The molecule has 1 saturated carbocycles. The Kier molecular flexibility index (Phi) is 6.69. The fourth-order valence-electron chi connectivity index (χ4n) is 3.95. The predicted molar refractivity (Wildman–Crippen MR) is 126 cm³/mol. The van der Waals surface area contributed by atoms with Crippen molar-refractivity contribution in [1.29, 1.82) is 0 Å². The first-order valence-electron chi connectivity index (χ1n) is 10.8. The van der Waals surface area contributed by atoms with Crippen molar-refractivity contribution in [3.8, 4) is 17.0 Å². The Balaban J connectivity index is 1.63. The van der Waals surface area contributed by atoms with Crippen LogP contribution in [-0.2, 0) is 0 Å². The van der Waals surface area contributed by atoms with E-state index < -0.39 is 11.7 Å². The van der Waals surface area contributed by atoms with E-state index in [2.05, 4.69) is 20.6 Å². The SMILES string of the molecule is COc1ccc(-c2cc(Nc3nc(N[C@@H]4CCCCC4N)c(F)cc3C(N)=O)ccn2)cc1. The Morgan fingerprint density at radius 3 is 2.58 bits per heavy atom. The van der Waals surface area contributed by atoms with E-state index in [0.717, 1.165) is 43.1 Å². The molecule has 1 aromatic carbocycles. The summed E-state index contributed by atoms with van der Waals surface area (Å²) in [5, 5.41) is 6.20. The van der Waals surface area contributed by atoms with Crippen molar-refractivity contribution in [3.05, 3.63) is 60.0 Å². The van der Waals surface area contributed by atoms with Crippen LogP contribution in [0.25, 0.3) is 11.3 Å². The first kappa shape index (κ1) is 22.5. The van der Waals surface area contributed by atoms with Gasteiger partial charge in [-0.2, -0.15) is 0 Å². The lowest BCUT2D eigenvalue weighted by Gasteiger charge is -2.30. The van der Waals surface area contributed by atoms with Gasteiger partial charge in [-0.1, -0.05) is 12.8 Å². The Morgan fingerprint density at radius 1 is 1.12 bits per heavy atom. The molecule has 1 aliphatic carbocycles. The highest BCUT2D eigenvalue weighted by Gasteiger charge is 2.24. The molecule has 1 fully saturated rings. The van der Waals surface area contributed by atoms with Crippen LogP contribution < -0.4 is 26.8 Å². The van der Waals surface area contributed by atoms with Crippen LogP contribution in [0.2, 0.25) is 0 Å². The molecule has 0 radical (unpaired) electrons. The number of rotatable bonds is 7. The predicted octanol–water partition coefficient (Wildman–Crippen LogP) is 3.82. The van der Waals surface area contributed by atoms with Crippen molar-refractivity contribution in [3.63, 3.8) is 0 Å². The number of pyridine rings is 2. The monoisotopic (exact) mass is 450 g/mol. The number of carbonyl (C=O) groups excluding carboxylic acids is 1. The van der Waals surface area contributed by atoms with Gasteiger partial charge in [-0.05, 0) is 55.3 Å². The van der Waals surface area contributed by atoms with Crippen molar-refractivity contribution in [2.75, 3.05) is 17.7 Å². The summed E-state index contributed by atoms with van der Waals surface area (Å²) in [6.07, 6.45) is 5.41. The third-order valence-electron chi connectivity index (χ3n) is 5.79.